The summed E-state index contributed by atoms with van der Waals surface area (Å²) in [6.45, 7) is 5.20. The highest BCUT2D eigenvalue weighted by Crippen LogP contribution is 2.21. The normalized spacial score (nSPS) is 12.6. The number of hydrogen-bond donors (Lipinski definition) is 1. The lowest BCUT2D eigenvalue weighted by Crippen LogP contribution is -2.38. The van der Waals surface area contributed by atoms with Crippen molar-refractivity contribution in [3.8, 4) is 0 Å². The minimum atomic E-state index is 0.0246. The maximum Gasteiger partial charge on any atom is 0.234 e. The standard InChI is InChI=1S/C18H24N2O2/c1-14(2)18(15-8-5-4-6-9-15)19-17(21)13-20(3)12-16-10-7-11-22-16/h4-11,14,18H,12-13H2,1-3H3,(H,19,21). The molecule has 0 radical (unpaired) electrons. The second-order valence-electron chi connectivity index (χ2n) is 5.95. The number of nitrogens with zero attached hydrogens (tertiary/aromatic N) is 1. The van der Waals surface area contributed by atoms with Gasteiger partial charge in [-0.1, -0.05) is 44.2 Å². The van der Waals surface area contributed by atoms with Crippen LogP contribution in [-0.4, -0.2) is 24.4 Å². The highest BCUT2D eigenvalue weighted by molar-refractivity contribution is 5.78. The predicted octanol–water partition coefficient (Wildman–Crippen LogP) is 3.22. The molecule has 1 heterocycles. The van der Waals surface area contributed by atoms with Gasteiger partial charge in [0.15, 0.2) is 0 Å². The first-order chi connectivity index (χ1) is 10.6. The van der Waals surface area contributed by atoms with Crippen molar-refractivity contribution in [2.75, 3.05) is 13.6 Å². The number of carbonyl (C=O) groups is 1. The fourth-order valence-electron chi connectivity index (χ4n) is 2.48. The molecule has 1 aromatic carbocycles. The van der Waals surface area contributed by atoms with Crippen LogP contribution in [0.15, 0.2) is 53.1 Å². The summed E-state index contributed by atoms with van der Waals surface area (Å²) in [5.41, 5.74) is 1.14. The van der Waals surface area contributed by atoms with Crippen molar-refractivity contribution in [1.29, 1.82) is 0 Å². The quantitative estimate of drug-likeness (QED) is 0.854. The average molecular weight is 300 g/mol. The maximum absolute atomic E-state index is 12.3. The van der Waals surface area contributed by atoms with Gasteiger partial charge in [0.05, 0.1) is 25.4 Å². The number of nitrogens with one attached hydrogen (secondary N) is 1. The number of amides is 1. The Bertz CT molecular complexity index is 564. The number of carbonyl (C=O) groups excluding carboxylic acids is 1. The molecule has 0 saturated carbocycles. The Morgan fingerprint density at radius 2 is 1.91 bits per heavy atom. The van der Waals surface area contributed by atoms with Crippen molar-refractivity contribution in [2.45, 2.75) is 26.4 Å². The lowest BCUT2D eigenvalue weighted by atomic mass is 9.96. The Kier molecular flexibility index (Phi) is 5.78. The van der Waals surface area contributed by atoms with E-state index in [0.29, 0.717) is 19.0 Å². The number of likely N-dealkylation sites (N-methyl/N-ethyl adjacent to an activating group) is 1. The van der Waals surface area contributed by atoms with Crippen molar-refractivity contribution in [2.24, 2.45) is 5.92 Å². The summed E-state index contributed by atoms with van der Waals surface area (Å²) in [5.74, 6) is 1.22. The van der Waals surface area contributed by atoms with Gasteiger partial charge < -0.3 is 9.73 Å². The van der Waals surface area contributed by atoms with E-state index >= 15 is 0 Å². The molecule has 22 heavy (non-hydrogen) atoms. The van der Waals surface area contributed by atoms with E-state index in [4.69, 9.17) is 4.42 Å². The second kappa shape index (κ2) is 7.80. The molecular formula is C18H24N2O2. The van der Waals surface area contributed by atoms with Crippen LogP contribution in [0.3, 0.4) is 0 Å². The van der Waals surface area contributed by atoms with Crippen molar-refractivity contribution in [3.63, 3.8) is 0 Å². The van der Waals surface area contributed by atoms with Gasteiger partial charge in [-0.15, -0.1) is 0 Å². The van der Waals surface area contributed by atoms with Crippen LogP contribution in [0.4, 0.5) is 0 Å². The number of hydrogen-bond acceptors (Lipinski definition) is 3. The summed E-state index contributed by atoms with van der Waals surface area (Å²) in [7, 11) is 1.91. The molecule has 0 saturated heterocycles. The highest BCUT2D eigenvalue weighted by atomic mass is 16.3. The molecule has 0 aliphatic carbocycles. The Balaban J connectivity index is 1.91. The molecule has 0 spiro atoms. The summed E-state index contributed by atoms with van der Waals surface area (Å²) in [6.07, 6.45) is 1.65. The zero-order valence-electron chi connectivity index (χ0n) is 13.5. The van der Waals surface area contributed by atoms with Gasteiger partial charge in [0.1, 0.15) is 5.76 Å². The van der Waals surface area contributed by atoms with Crippen LogP contribution in [0, 0.1) is 5.92 Å². The monoisotopic (exact) mass is 300 g/mol. The molecule has 1 unspecified atom stereocenters. The molecule has 1 atom stereocenters. The molecule has 2 rings (SSSR count). The lowest BCUT2D eigenvalue weighted by molar-refractivity contribution is -0.123. The van der Waals surface area contributed by atoms with Gasteiger partial charge >= 0.3 is 0 Å². The molecule has 4 heteroatoms. The van der Waals surface area contributed by atoms with Gasteiger partial charge in [0.2, 0.25) is 5.91 Å². The molecule has 0 aliphatic heterocycles. The zero-order valence-corrected chi connectivity index (χ0v) is 13.5. The summed E-state index contributed by atoms with van der Waals surface area (Å²) < 4.78 is 5.30. The van der Waals surface area contributed by atoms with Crippen LogP contribution >= 0.6 is 0 Å². The van der Waals surface area contributed by atoms with Gasteiger partial charge in [-0.3, -0.25) is 9.69 Å². The van der Waals surface area contributed by atoms with E-state index < -0.39 is 0 Å². The minimum absolute atomic E-state index is 0.0246. The van der Waals surface area contributed by atoms with Gasteiger partial charge in [-0.25, -0.2) is 0 Å². The van der Waals surface area contributed by atoms with E-state index in [1.54, 1.807) is 6.26 Å². The van der Waals surface area contributed by atoms with Crippen LogP contribution in [0.2, 0.25) is 0 Å². The van der Waals surface area contributed by atoms with Crippen LogP contribution < -0.4 is 5.32 Å². The SMILES string of the molecule is CC(C)C(NC(=O)CN(C)Cc1ccco1)c1ccccc1. The molecular weight excluding hydrogens is 276 g/mol. The van der Waals surface area contributed by atoms with Crippen LogP contribution in [0.5, 0.6) is 0 Å². The number of benzene rings is 1. The van der Waals surface area contributed by atoms with Crippen molar-refractivity contribution < 1.29 is 9.21 Å². The van der Waals surface area contributed by atoms with Crippen molar-refractivity contribution in [1.82, 2.24) is 10.2 Å². The van der Waals surface area contributed by atoms with E-state index in [2.05, 4.69) is 31.3 Å². The van der Waals surface area contributed by atoms with E-state index in [1.807, 2.05) is 42.3 Å². The van der Waals surface area contributed by atoms with Gasteiger partial charge in [0.25, 0.3) is 0 Å². The summed E-state index contributed by atoms with van der Waals surface area (Å²) >= 11 is 0. The van der Waals surface area contributed by atoms with Crippen LogP contribution in [0.1, 0.15) is 31.2 Å². The van der Waals surface area contributed by atoms with Gasteiger partial charge in [-0.05, 0) is 30.7 Å². The van der Waals surface area contributed by atoms with Crippen LogP contribution in [-0.2, 0) is 11.3 Å². The summed E-state index contributed by atoms with van der Waals surface area (Å²) in [4.78, 5) is 14.2. The summed E-state index contributed by atoms with van der Waals surface area (Å²) in [6, 6.07) is 13.9. The third-order valence-electron chi connectivity index (χ3n) is 3.56. The third kappa shape index (κ3) is 4.74. The van der Waals surface area contributed by atoms with E-state index in [1.165, 1.54) is 0 Å². The molecule has 0 aliphatic rings. The average Bonchev–Trinajstić information content (AvgIpc) is 2.98. The Morgan fingerprint density at radius 1 is 1.18 bits per heavy atom. The fraction of sp³-hybridized carbons (Fsp3) is 0.389. The van der Waals surface area contributed by atoms with E-state index in [-0.39, 0.29) is 11.9 Å². The van der Waals surface area contributed by atoms with Crippen LogP contribution in [0.25, 0.3) is 0 Å². The third-order valence-corrected chi connectivity index (χ3v) is 3.56. The molecule has 0 fully saturated rings. The molecule has 2 aromatic rings. The molecule has 1 amide bonds. The second-order valence-corrected chi connectivity index (χ2v) is 5.95. The van der Waals surface area contributed by atoms with E-state index in [0.717, 1.165) is 11.3 Å². The topological polar surface area (TPSA) is 45.5 Å². The summed E-state index contributed by atoms with van der Waals surface area (Å²) in [5, 5.41) is 3.13. The zero-order chi connectivity index (χ0) is 15.9. The largest absolute Gasteiger partial charge is 0.468 e. The van der Waals surface area contributed by atoms with E-state index in [9.17, 15) is 4.79 Å². The molecule has 1 aromatic heterocycles. The number of rotatable bonds is 7. The first-order valence-corrected chi connectivity index (χ1v) is 7.61. The van der Waals surface area contributed by atoms with Gasteiger partial charge in [0, 0.05) is 0 Å². The molecule has 1 N–H and O–H groups in total. The lowest BCUT2D eigenvalue weighted by Gasteiger charge is -2.24. The smallest absolute Gasteiger partial charge is 0.234 e. The number of furan rings is 1. The Labute approximate surface area is 132 Å². The molecule has 4 nitrogen and oxygen atoms in total. The minimum Gasteiger partial charge on any atom is -0.468 e. The Morgan fingerprint density at radius 3 is 2.50 bits per heavy atom. The van der Waals surface area contributed by atoms with Crippen molar-refractivity contribution in [3.05, 3.63) is 60.1 Å². The van der Waals surface area contributed by atoms with Gasteiger partial charge in [-0.2, -0.15) is 0 Å². The first kappa shape index (κ1) is 16.3. The molecule has 118 valence electrons. The molecule has 0 bridgehead atoms. The van der Waals surface area contributed by atoms with Crippen molar-refractivity contribution >= 4 is 5.91 Å². The predicted molar refractivity (Wildman–Crippen MR) is 87.2 cm³/mol. The fourth-order valence-corrected chi connectivity index (χ4v) is 2.48. The highest BCUT2D eigenvalue weighted by Gasteiger charge is 2.19. The maximum atomic E-state index is 12.3. The first-order valence-electron chi connectivity index (χ1n) is 7.61. The Hall–Kier alpha value is -2.07.